The molecule has 29 heavy (non-hydrogen) atoms. The summed E-state index contributed by atoms with van der Waals surface area (Å²) in [5.41, 5.74) is 4.99. The molecular weight excluding hydrogens is 390 g/mol. The molecular formula is C21H17N3O4S. The van der Waals surface area contributed by atoms with Crippen LogP contribution in [0.1, 0.15) is 32.5 Å². The molecule has 0 spiro atoms. The fourth-order valence-electron chi connectivity index (χ4n) is 2.72. The first-order valence-electron chi connectivity index (χ1n) is 8.80. The van der Waals surface area contributed by atoms with Gasteiger partial charge in [-0.3, -0.25) is 9.59 Å². The van der Waals surface area contributed by atoms with E-state index in [0.717, 1.165) is 5.56 Å². The van der Waals surface area contributed by atoms with Gasteiger partial charge in [0.05, 0.1) is 10.6 Å². The van der Waals surface area contributed by atoms with Crippen molar-refractivity contribution in [3.63, 3.8) is 0 Å². The Kier molecular flexibility index (Phi) is 5.26. The third kappa shape index (κ3) is 4.27. The molecule has 0 fully saturated rings. The van der Waals surface area contributed by atoms with E-state index >= 15 is 0 Å². The first-order valence-corrected chi connectivity index (χ1v) is 9.68. The van der Waals surface area contributed by atoms with Crippen LogP contribution in [0.3, 0.4) is 0 Å². The highest BCUT2D eigenvalue weighted by Crippen LogP contribution is 2.32. The lowest BCUT2D eigenvalue weighted by Crippen LogP contribution is -2.19. The SMILES string of the molecule is CC(=NNC(=O)c1ccc2c(c1)OCO2)c1cccc(NC(=O)c2cccs2)c1. The van der Waals surface area contributed by atoms with Gasteiger partial charge in [0, 0.05) is 11.3 Å². The van der Waals surface area contributed by atoms with Gasteiger partial charge in [0.25, 0.3) is 11.8 Å². The van der Waals surface area contributed by atoms with Gasteiger partial charge in [-0.2, -0.15) is 5.10 Å². The van der Waals surface area contributed by atoms with Crippen LogP contribution in [-0.2, 0) is 0 Å². The van der Waals surface area contributed by atoms with E-state index < -0.39 is 0 Å². The van der Waals surface area contributed by atoms with Crippen LogP contribution >= 0.6 is 11.3 Å². The smallest absolute Gasteiger partial charge is 0.271 e. The highest BCUT2D eigenvalue weighted by Gasteiger charge is 2.16. The fourth-order valence-corrected chi connectivity index (χ4v) is 3.34. The number of carbonyl (C=O) groups is 2. The molecule has 1 aromatic heterocycles. The summed E-state index contributed by atoms with van der Waals surface area (Å²) >= 11 is 1.38. The van der Waals surface area contributed by atoms with Gasteiger partial charge in [-0.05, 0) is 54.3 Å². The quantitative estimate of drug-likeness (QED) is 0.496. The van der Waals surface area contributed by atoms with Crippen LogP contribution in [0.15, 0.2) is 65.1 Å². The van der Waals surface area contributed by atoms with Crippen LogP contribution in [0.2, 0.25) is 0 Å². The summed E-state index contributed by atoms with van der Waals surface area (Å²) in [5, 5.41) is 8.88. The Morgan fingerprint density at radius 1 is 0.966 bits per heavy atom. The molecule has 0 aliphatic carbocycles. The number of nitrogens with one attached hydrogen (secondary N) is 2. The van der Waals surface area contributed by atoms with Crippen LogP contribution in [0, 0.1) is 0 Å². The lowest BCUT2D eigenvalue weighted by molar-refractivity contribution is 0.0953. The van der Waals surface area contributed by atoms with E-state index in [0.29, 0.717) is 33.3 Å². The summed E-state index contributed by atoms with van der Waals surface area (Å²) in [6, 6.07) is 15.8. The summed E-state index contributed by atoms with van der Waals surface area (Å²) in [4.78, 5) is 25.2. The zero-order valence-corrected chi connectivity index (χ0v) is 16.3. The van der Waals surface area contributed by atoms with Gasteiger partial charge in [0.15, 0.2) is 11.5 Å². The number of fused-ring (bicyclic) bond motifs is 1. The lowest BCUT2D eigenvalue weighted by Gasteiger charge is -2.07. The average molecular weight is 407 g/mol. The Morgan fingerprint density at radius 3 is 2.66 bits per heavy atom. The number of hydrogen-bond donors (Lipinski definition) is 2. The monoisotopic (exact) mass is 407 g/mol. The van der Waals surface area contributed by atoms with Crippen molar-refractivity contribution in [1.29, 1.82) is 0 Å². The summed E-state index contributed by atoms with van der Waals surface area (Å²) in [6.07, 6.45) is 0. The number of thiophene rings is 1. The zero-order valence-electron chi connectivity index (χ0n) is 15.5. The van der Waals surface area contributed by atoms with Crippen LogP contribution in [0.5, 0.6) is 11.5 Å². The van der Waals surface area contributed by atoms with Gasteiger partial charge in [0.1, 0.15) is 0 Å². The van der Waals surface area contributed by atoms with E-state index in [9.17, 15) is 9.59 Å². The molecule has 0 saturated heterocycles. The van der Waals surface area contributed by atoms with Crippen LogP contribution in [0.4, 0.5) is 5.69 Å². The molecule has 8 heteroatoms. The molecule has 0 atom stereocenters. The van der Waals surface area contributed by atoms with Gasteiger partial charge in [-0.25, -0.2) is 5.43 Å². The third-order valence-electron chi connectivity index (χ3n) is 4.24. The number of benzene rings is 2. The summed E-state index contributed by atoms with van der Waals surface area (Å²) in [5.74, 6) is 0.628. The average Bonchev–Trinajstić information content (AvgIpc) is 3.43. The Balaban J connectivity index is 1.43. The minimum Gasteiger partial charge on any atom is -0.454 e. The van der Waals surface area contributed by atoms with Gasteiger partial charge < -0.3 is 14.8 Å². The Hall–Kier alpha value is -3.65. The van der Waals surface area contributed by atoms with Crippen molar-refractivity contribution in [3.8, 4) is 11.5 Å². The summed E-state index contributed by atoms with van der Waals surface area (Å²) < 4.78 is 10.5. The largest absolute Gasteiger partial charge is 0.454 e. The van der Waals surface area contributed by atoms with Crippen molar-refractivity contribution in [3.05, 3.63) is 76.0 Å². The molecule has 0 radical (unpaired) electrons. The first-order chi connectivity index (χ1) is 14.1. The van der Waals surface area contributed by atoms with Crippen molar-refractivity contribution in [1.82, 2.24) is 5.43 Å². The zero-order chi connectivity index (χ0) is 20.2. The van der Waals surface area contributed by atoms with E-state index in [1.165, 1.54) is 11.3 Å². The lowest BCUT2D eigenvalue weighted by atomic mass is 10.1. The predicted molar refractivity (Wildman–Crippen MR) is 111 cm³/mol. The van der Waals surface area contributed by atoms with E-state index in [-0.39, 0.29) is 18.6 Å². The van der Waals surface area contributed by atoms with Crippen molar-refractivity contribution in [2.24, 2.45) is 5.10 Å². The second-order valence-corrected chi connectivity index (χ2v) is 7.17. The Morgan fingerprint density at radius 2 is 1.83 bits per heavy atom. The molecule has 0 unspecified atom stereocenters. The maximum absolute atomic E-state index is 12.4. The maximum Gasteiger partial charge on any atom is 0.271 e. The number of anilines is 1. The predicted octanol–water partition coefficient (Wildman–Crippen LogP) is 3.88. The van der Waals surface area contributed by atoms with Gasteiger partial charge in [-0.15, -0.1) is 11.3 Å². The molecule has 2 N–H and O–H groups in total. The molecule has 1 aliphatic rings. The molecule has 2 heterocycles. The molecule has 1 aliphatic heterocycles. The molecule has 2 aromatic carbocycles. The number of hydrazone groups is 1. The minimum absolute atomic E-state index is 0.150. The minimum atomic E-state index is -0.357. The van der Waals surface area contributed by atoms with Crippen molar-refractivity contribution >= 4 is 34.6 Å². The number of carbonyl (C=O) groups excluding carboxylic acids is 2. The topological polar surface area (TPSA) is 89.0 Å². The highest BCUT2D eigenvalue weighted by atomic mass is 32.1. The van der Waals surface area contributed by atoms with Crippen molar-refractivity contribution in [2.45, 2.75) is 6.92 Å². The summed E-state index contributed by atoms with van der Waals surface area (Å²) in [6.45, 7) is 1.93. The molecule has 2 amide bonds. The number of amides is 2. The van der Waals surface area contributed by atoms with E-state index in [2.05, 4.69) is 15.8 Å². The molecule has 3 aromatic rings. The normalized spacial score (nSPS) is 12.5. The molecule has 0 bridgehead atoms. The molecule has 4 rings (SSSR count). The fraction of sp³-hybridized carbons (Fsp3) is 0.0952. The van der Waals surface area contributed by atoms with E-state index in [1.807, 2.05) is 23.6 Å². The summed E-state index contributed by atoms with van der Waals surface area (Å²) in [7, 11) is 0. The standard InChI is InChI=1S/C21H17N3O4S/c1-13(23-24-20(25)15-7-8-17-18(11-15)28-12-27-17)14-4-2-5-16(10-14)22-21(26)19-6-3-9-29-19/h2-11H,12H2,1H3,(H,22,26)(H,24,25). The second kappa shape index (κ2) is 8.15. The van der Waals surface area contributed by atoms with Crippen molar-refractivity contribution in [2.75, 3.05) is 12.1 Å². The molecule has 146 valence electrons. The first kappa shape index (κ1) is 18.7. The van der Waals surface area contributed by atoms with Crippen LogP contribution < -0.4 is 20.2 Å². The number of hydrogen-bond acceptors (Lipinski definition) is 6. The molecule has 0 saturated carbocycles. The van der Waals surface area contributed by atoms with Crippen LogP contribution in [0.25, 0.3) is 0 Å². The van der Waals surface area contributed by atoms with Crippen molar-refractivity contribution < 1.29 is 19.1 Å². The number of ether oxygens (including phenoxy) is 2. The van der Waals surface area contributed by atoms with Gasteiger partial charge >= 0.3 is 0 Å². The maximum atomic E-state index is 12.4. The number of rotatable bonds is 5. The third-order valence-corrected chi connectivity index (χ3v) is 5.11. The van der Waals surface area contributed by atoms with E-state index in [1.54, 1.807) is 43.3 Å². The number of nitrogens with zero attached hydrogens (tertiary/aromatic N) is 1. The van der Waals surface area contributed by atoms with Gasteiger partial charge in [0.2, 0.25) is 6.79 Å². The second-order valence-electron chi connectivity index (χ2n) is 6.22. The van der Waals surface area contributed by atoms with Crippen LogP contribution in [-0.4, -0.2) is 24.3 Å². The van der Waals surface area contributed by atoms with E-state index in [4.69, 9.17) is 9.47 Å². The highest BCUT2D eigenvalue weighted by molar-refractivity contribution is 7.12. The molecule has 7 nitrogen and oxygen atoms in total. The van der Waals surface area contributed by atoms with Gasteiger partial charge in [-0.1, -0.05) is 18.2 Å². The Labute approximate surface area is 171 Å². The Bertz CT molecular complexity index is 1090.